The molecule has 1 N–H and O–H groups in total. The second kappa shape index (κ2) is 3.53. The summed E-state index contributed by atoms with van der Waals surface area (Å²) < 4.78 is 49.0. The molecule has 78 valence electrons. The first-order valence-corrected chi connectivity index (χ1v) is 3.73. The lowest BCUT2D eigenvalue weighted by molar-refractivity contribution is -0.138. The molecule has 0 saturated heterocycles. The van der Waals surface area contributed by atoms with Crippen LogP contribution in [-0.2, 0) is 6.18 Å². The maximum atomic E-state index is 12.9. The molecule has 0 radical (unpaired) electrons. The average Bonchev–Trinajstić information content (AvgIpc) is 2.01. The number of alkyl halides is 3. The van der Waals surface area contributed by atoms with Gasteiger partial charge >= 0.3 is 6.18 Å². The molecule has 1 rings (SSSR count). The molecule has 1 aromatic heterocycles. The molecule has 0 amide bonds. The fourth-order valence-corrected chi connectivity index (χ4v) is 0.911. The molecule has 6 heteroatoms. The van der Waals surface area contributed by atoms with Crippen LogP contribution in [0.2, 0.25) is 0 Å². The monoisotopic (exact) mass is 209 g/mol. The van der Waals surface area contributed by atoms with Gasteiger partial charge in [-0.05, 0) is 13.0 Å². The van der Waals surface area contributed by atoms with Crippen LogP contribution in [-0.4, -0.2) is 10.1 Å². The van der Waals surface area contributed by atoms with Gasteiger partial charge in [0.2, 0.25) is 0 Å². The Kier molecular flexibility index (Phi) is 2.75. The molecular formula is C8H7F4NO. The zero-order valence-corrected chi connectivity index (χ0v) is 7.14. The van der Waals surface area contributed by atoms with E-state index in [2.05, 4.69) is 4.98 Å². The number of nitrogens with zero attached hydrogens (tertiary/aromatic N) is 1. The van der Waals surface area contributed by atoms with Gasteiger partial charge in [0.25, 0.3) is 0 Å². The van der Waals surface area contributed by atoms with E-state index in [0.717, 1.165) is 0 Å². The molecule has 1 heterocycles. The number of aliphatic hydroxyl groups excluding tert-OH is 1. The third kappa shape index (κ3) is 2.20. The molecule has 0 aliphatic heterocycles. The SMILES string of the molecule is CC(O)c1ncc(C(F)(F)F)cc1F. The summed E-state index contributed by atoms with van der Waals surface area (Å²) in [6.07, 6.45) is -5.35. The Bertz CT molecular complexity index is 335. The van der Waals surface area contributed by atoms with Crippen LogP contribution < -0.4 is 0 Å². The second-order valence-corrected chi connectivity index (χ2v) is 2.76. The Balaban J connectivity index is 3.13. The Morgan fingerprint density at radius 1 is 1.43 bits per heavy atom. The minimum absolute atomic E-state index is 0.315. The van der Waals surface area contributed by atoms with E-state index in [1.807, 2.05) is 0 Å². The van der Waals surface area contributed by atoms with Crippen molar-refractivity contribution in [1.29, 1.82) is 0 Å². The summed E-state index contributed by atoms with van der Waals surface area (Å²) in [6, 6.07) is 0.315. The lowest BCUT2D eigenvalue weighted by Crippen LogP contribution is -2.09. The molecule has 0 spiro atoms. The molecule has 1 unspecified atom stereocenters. The second-order valence-electron chi connectivity index (χ2n) is 2.76. The minimum atomic E-state index is -4.62. The summed E-state index contributed by atoms with van der Waals surface area (Å²) in [6.45, 7) is 1.22. The van der Waals surface area contributed by atoms with E-state index in [0.29, 0.717) is 12.3 Å². The fourth-order valence-electron chi connectivity index (χ4n) is 0.911. The van der Waals surface area contributed by atoms with Crippen molar-refractivity contribution in [3.8, 4) is 0 Å². The first-order chi connectivity index (χ1) is 6.32. The van der Waals surface area contributed by atoms with Gasteiger partial charge in [-0.2, -0.15) is 13.2 Å². The van der Waals surface area contributed by atoms with E-state index in [4.69, 9.17) is 5.11 Å². The summed E-state index contributed by atoms with van der Waals surface area (Å²) in [4.78, 5) is 3.20. The Hall–Kier alpha value is -1.17. The zero-order valence-electron chi connectivity index (χ0n) is 7.14. The van der Waals surface area contributed by atoms with E-state index in [1.54, 1.807) is 0 Å². The van der Waals surface area contributed by atoms with Crippen LogP contribution in [0.3, 0.4) is 0 Å². The van der Waals surface area contributed by atoms with Gasteiger partial charge in [-0.3, -0.25) is 4.98 Å². The maximum absolute atomic E-state index is 12.9. The molecule has 0 bridgehead atoms. The van der Waals surface area contributed by atoms with Crippen molar-refractivity contribution in [2.24, 2.45) is 0 Å². The van der Waals surface area contributed by atoms with Gasteiger partial charge in [-0.1, -0.05) is 0 Å². The molecule has 2 nitrogen and oxygen atoms in total. The van der Waals surface area contributed by atoms with Gasteiger partial charge in [-0.25, -0.2) is 4.39 Å². The van der Waals surface area contributed by atoms with Gasteiger partial charge in [0.05, 0.1) is 11.7 Å². The Morgan fingerprint density at radius 2 is 2.00 bits per heavy atom. The van der Waals surface area contributed by atoms with Crippen molar-refractivity contribution in [3.05, 3.63) is 29.3 Å². The molecule has 0 aromatic carbocycles. The Morgan fingerprint density at radius 3 is 2.36 bits per heavy atom. The van der Waals surface area contributed by atoms with Gasteiger partial charge in [0.15, 0.2) is 0 Å². The highest BCUT2D eigenvalue weighted by Gasteiger charge is 2.32. The van der Waals surface area contributed by atoms with Crippen LogP contribution in [0, 0.1) is 5.82 Å². The minimum Gasteiger partial charge on any atom is -0.387 e. The largest absolute Gasteiger partial charge is 0.417 e. The highest BCUT2D eigenvalue weighted by Crippen LogP contribution is 2.30. The molecule has 0 aliphatic rings. The number of halogens is 4. The highest BCUT2D eigenvalue weighted by molar-refractivity contribution is 5.19. The van der Waals surface area contributed by atoms with Gasteiger partial charge in [-0.15, -0.1) is 0 Å². The summed E-state index contributed by atoms with van der Waals surface area (Å²) in [5, 5.41) is 8.91. The third-order valence-corrected chi connectivity index (χ3v) is 1.59. The number of pyridine rings is 1. The molecule has 14 heavy (non-hydrogen) atoms. The van der Waals surface area contributed by atoms with E-state index in [1.165, 1.54) is 6.92 Å². The number of rotatable bonds is 1. The molecule has 1 aromatic rings. The van der Waals surface area contributed by atoms with Crippen LogP contribution in [0.4, 0.5) is 17.6 Å². The number of hydrogen-bond acceptors (Lipinski definition) is 2. The van der Waals surface area contributed by atoms with Crippen LogP contribution in [0.25, 0.3) is 0 Å². The van der Waals surface area contributed by atoms with Crippen molar-refractivity contribution < 1.29 is 22.7 Å². The van der Waals surface area contributed by atoms with Crippen molar-refractivity contribution >= 4 is 0 Å². The van der Waals surface area contributed by atoms with Crippen molar-refractivity contribution in [3.63, 3.8) is 0 Å². The van der Waals surface area contributed by atoms with Gasteiger partial charge in [0.1, 0.15) is 11.5 Å². The topological polar surface area (TPSA) is 33.1 Å². The van der Waals surface area contributed by atoms with Gasteiger partial charge in [0, 0.05) is 6.20 Å². The Labute approximate surface area is 77.2 Å². The number of aromatic nitrogens is 1. The van der Waals surface area contributed by atoms with Crippen LogP contribution >= 0.6 is 0 Å². The van der Waals surface area contributed by atoms with Gasteiger partial charge < -0.3 is 5.11 Å². The van der Waals surface area contributed by atoms with E-state index in [-0.39, 0.29) is 0 Å². The van der Waals surface area contributed by atoms with E-state index in [9.17, 15) is 17.6 Å². The first-order valence-electron chi connectivity index (χ1n) is 3.73. The predicted octanol–water partition coefficient (Wildman–Crippen LogP) is 2.29. The normalized spacial score (nSPS) is 14.1. The fraction of sp³-hybridized carbons (Fsp3) is 0.375. The molecule has 1 atom stereocenters. The predicted molar refractivity (Wildman–Crippen MR) is 39.8 cm³/mol. The highest BCUT2D eigenvalue weighted by atomic mass is 19.4. The summed E-state index contributed by atoms with van der Waals surface area (Å²) in [5.41, 5.74) is -1.56. The third-order valence-electron chi connectivity index (χ3n) is 1.59. The van der Waals surface area contributed by atoms with Crippen molar-refractivity contribution in [2.45, 2.75) is 19.2 Å². The molecule has 0 aliphatic carbocycles. The molecular weight excluding hydrogens is 202 g/mol. The molecule has 0 fully saturated rings. The zero-order chi connectivity index (χ0) is 10.9. The quantitative estimate of drug-likeness (QED) is 0.720. The van der Waals surface area contributed by atoms with Crippen LogP contribution in [0.15, 0.2) is 12.3 Å². The average molecular weight is 209 g/mol. The summed E-state index contributed by atoms with van der Waals surface area (Å²) in [5.74, 6) is -1.16. The smallest absolute Gasteiger partial charge is 0.387 e. The summed E-state index contributed by atoms with van der Waals surface area (Å²) >= 11 is 0. The number of hydrogen-bond donors (Lipinski definition) is 1. The molecule has 0 saturated carbocycles. The van der Waals surface area contributed by atoms with Crippen LogP contribution in [0.5, 0.6) is 0 Å². The lowest BCUT2D eigenvalue weighted by atomic mass is 10.2. The van der Waals surface area contributed by atoms with Crippen molar-refractivity contribution in [1.82, 2.24) is 4.98 Å². The maximum Gasteiger partial charge on any atom is 0.417 e. The summed E-state index contributed by atoms with van der Waals surface area (Å²) in [7, 11) is 0. The van der Waals surface area contributed by atoms with Crippen molar-refractivity contribution in [2.75, 3.05) is 0 Å². The van der Waals surface area contributed by atoms with E-state index < -0.39 is 29.4 Å². The van der Waals surface area contributed by atoms with E-state index >= 15 is 0 Å². The van der Waals surface area contributed by atoms with Crippen LogP contribution in [0.1, 0.15) is 24.3 Å². The standard InChI is InChI=1S/C8H7F4NO/c1-4(14)7-6(9)2-5(3-13-7)8(10,11)12/h2-4,14H,1H3. The lowest BCUT2D eigenvalue weighted by Gasteiger charge is -2.09. The first kappa shape index (κ1) is 10.9. The number of aliphatic hydroxyl groups is 1.